The van der Waals surface area contributed by atoms with Gasteiger partial charge in [0, 0.05) is 6.07 Å². The molecule has 0 aliphatic heterocycles. The Balaban J connectivity index is 2.32. The van der Waals surface area contributed by atoms with Crippen molar-refractivity contribution in [3.63, 3.8) is 0 Å². The molecular weight excluding hydrogens is 314 g/mol. The molecule has 2 aromatic rings. The minimum Gasteiger partial charge on any atom is -0.495 e. The molecule has 0 saturated heterocycles. The smallest absolute Gasteiger partial charge is 0.261 e. The van der Waals surface area contributed by atoms with Gasteiger partial charge in [-0.05, 0) is 29.8 Å². The summed E-state index contributed by atoms with van der Waals surface area (Å²) < 4.78 is 32.1. The Labute approximate surface area is 128 Å². The molecule has 112 valence electrons. The summed E-state index contributed by atoms with van der Waals surface area (Å²) in [5, 5.41) is 9.46. The van der Waals surface area contributed by atoms with Crippen LogP contribution in [0.2, 0.25) is 5.02 Å². The molecule has 5 nitrogen and oxygen atoms in total. The van der Waals surface area contributed by atoms with Crippen LogP contribution in [0.5, 0.6) is 5.75 Å². The summed E-state index contributed by atoms with van der Waals surface area (Å²) >= 11 is 5.89. The van der Waals surface area contributed by atoms with E-state index in [-0.39, 0.29) is 11.5 Å². The summed E-state index contributed by atoms with van der Waals surface area (Å²) in [6, 6.07) is 10.7. The van der Waals surface area contributed by atoms with Gasteiger partial charge in [-0.25, -0.2) is 8.42 Å². The van der Waals surface area contributed by atoms with E-state index in [1.807, 2.05) is 0 Å². The average Bonchev–Trinajstić information content (AvgIpc) is 2.49. The van der Waals surface area contributed by atoms with E-state index in [1.54, 1.807) is 18.2 Å². The third-order valence-electron chi connectivity index (χ3n) is 2.79. The first-order valence-corrected chi connectivity index (χ1v) is 7.88. The largest absolute Gasteiger partial charge is 0.495 e. The van der Waals surface area contributed by atoms with Crippen molar-refractivity contribution in [3.05, 3.63) is 53.1 Å². The fourth-order valence-electron chi connectivity index (χ4n) is 1.75. The lowest BCUT2D eigenvalue weighted by molar-refractivity contribution is 0.281. The first-order valence-electron chi connectivity index (χ1n) is 6.02. The van der Waals surface area contributed by atoms with Gasteiger partial charge in [-0.3, -0.25) is 4.72 Å². The van der Waals surface area contributed by atoms with Crippen molar-refractivity contribution in [2.75, 3.05) is 11.8 Å². The highest BCUT2D eigenvalue weighted by molar-refractivity contribution is 7.92. The Morgan fingerprint density at radius 1 is 1.24 bits per heavy atom. The molecule has 0 atom stereocenters. The standard InChI is InChI=1S/C14H14ClNO4S/c1-20-14-8-11(5-6-13(14)15)16-21(18,19)12-4-2-3-10(7-12)9-17/h2-8,16-17H,9H2,1H3. The maximum absolute atomic E-state index is 12.3. The van der Waals surface area contributed by atoms with Gasteiger partial charge >= 0.3 is 0 Å². The lowest BCUT2D eigenvalue weighted by Gasteiger charge is -2.11. The van der Waals surface area contributed by atoms with Crippen molar-refractivity contribution in [3.8, 4) is 5.75 Å². The molecule has 0 bridgehead atoms. The van der Waals surface area contributed by atoms with E-state index in [1.165, 1.54) is 31.4 Å². The van der Waals surface area contributed by atoms with Crippen molar-refractivity contribution in [1.29, 1.82) is 0 Å². The van der Waals surface area contributed by atoms with E-state index < -0.39 is 10.0 Å². The molecule has 0 aromatic heterocycles. The summed E-state index contributed by atoms with van der Waals surface area (Å²) in [4.78, 5) is 0.0722. The Bertz CT molecular complexity index is 746. The van der Waals surface area contributed by atoms with Crippen LogP contribution in [-0.2, 0) is 16.6 Å². The van der Waals surface area contributed by atoms with Crippen molar-refractivity contribution in [1.82, 2.24) is 0 Å². The van der Waals surface area contributed by atoms with E-state index in [0.29, 0.717) is 22.0 Å². The van der Waals surface area contributed by atoms with Crippen LogP contribution in [0.3, 0.4) is 0 Å². The maximum Gasteiger partial charge on any atom is 0.261 e. The van der Waals surface area contributed by atoms with E-state index >= 15 is 0 Å². The van der Waals surface area contributed by atoms with Crippen LogP contribution in [0.25, 0.3) is 0 Å². The van der Waals surface area contributed by atoms with Crippen molar-refractivity contribution >= 4 is 27.3 Å². The number of benzene rings is 2. The Morgan fingerprint density at radius 2 is 2.00 bits per heavy atom. The third-order valence-corrected chi connectivity index (χ3v) is 4.49. The zero-order chi connectivity index (χ0) is 15.5. The van der Waals surface area contributed by atoms with Gasteiger partial charge in [-0.15, -0.1) is 0 Å². The van der Waals surface area contributed by atoms with E-state index in [9.17, 15) is 8.42 Å². The van der Waals surface area contributed by atoms with Crippen LogP contribution in [0, 0.1) is 0 Å². The summed E-state index contributed by atoms with van der Waals surface area (Å²) in [5.41, 5.74) is 0.859. The first-order chi connectivity index (χ1) is 9.96. The van der Waals surface area contributed by atoms with Crippen LogP contribution < -0.4 is 9.46 Å². The number of methoxy groups -OCH3 is 1. The SMILES string of the molecule is COc1cc(NS(=O)(=O)c2cccc(CO)c2)ccc1Cl. The molecule has 0 fully saturated rings. The number of rotatable bonds is 5. The lowest BCUT2D eigenvalue weighted by atomic mass is 10.2. The first kappa shape index (κ1) is 15.6. The molecule has 2 N–H and O–H groups in total. The Kier molecular flexibility index (Phi) is 4.72. The minimum atomic E-state index is -3.74. The molecule has 0 radical (unpaired) electrons. The molecule has 0 amide bonds. The van der Waals surface area contributed by atoms with Gasteiger partial charge in [0.2, 0.25) is 0 Å². The summed E-state index contributed by atoms with van der Waals surface area (Å²) in [6.45, 7) is -0.224. The molecule has 7 heteroatoms. The predicted molar refractivity (Wildman–Crippen MR) is 81.2 cm³/mol. The second-order valence-electron chi connectivity index (χ2n) is 4.26. The van der Waals surface area contributed by atoms with Crippen LogP contribution in [0.15, 0.2) is 47.4 Å². The lowest BCUT2D eigenvalue weighted by Crippen LogP contribution is -2.13. The second kappa shape index (κ2) is 6.34. The zero-order valence-electron chi connectivity index (χ0n) is 11.2. The highest BCUT2D eigenvalue weighted by atomic mass is 35.5. The maximum atomic E-state index is 12.3. The second-order valence-corrected chi connectivity index (χ2v) is 6.35. The average molecular weight is 328 g/mol. The molecule has 0 unspecified atom stereocenters. The molecule has 2 aromatic carbocycles. The van der Waals surface area contributed by atoms with Gasteiger partial charge < -0.3 is 9.84 Å². The van der Waals surface area contributed by atoms with Crippen LogP contribution >= 0.6 is 11.6 Å². The number of hydrogen-bond acceptors (Lipinski definition) is 4. The quantitative estimate of drug-likeness (QED) is 0.885. The number of aliphatic hydroxyl groups excluding tert-OH is 1. The van der Waals surface area contributed by atoms with Gasteiger partial charge in [0.15, 0.2) is 0 Å². The van der Waals surface area contributed by atoms with Gasteiger partial charge in [0.25, 0.3) is 10.0 Å². The van der Waals surface area contributed by atoms with Crippen LogP contribution in [-0.4, -0.2) is 20.6 Å². The van der Waals surface area contributed by atoms with Crippen molar-refractivity contribution in [2.45, 2.75) is 11.5 Å². The van der Waals surface area contributed by atoms with Gasteiger partial charge in [0.05, 0.1) is 29.3 Å². The minimum absolute atomic E-state index is 0.0722. The molecule has 2 rings (SSSR count). The van der Waals surface area contributed by atoms with E-state index in [4.69, 9.17) is 21.4 Å². The highest BCUT2D eigenvalue weighted by Crippen LogP contribution is 2.28. The fraction of sp³-hybridized carbons (Fsp3) is 0.143. The number of ether oxygens (including phenoxy) is 1. The topological polar surface area (TPSA) is 75.6 Å². The number of halogens is 1. The van der Waals surface area contributed by atoms with Crippen LogP contribution in [0.4, 0.5) is 5.69 Å². The Morgan fingerprint density at radius 3 is 2.67 bits per heavy atom. The Hall–Kier alpha value is -1.76. The number of nitrogens with one attached hydrogen (secondary N) is 1. The zero-order valence-corrected chi connectivity index (χ0v) is 12.8. The molecule has 0 saturated carbocycles. The number of sulfonamides is 1. The van der Waals surface area contributed by atoms with Crippen molar-refractivity contribution < 1.29 is 18.3 Å². The summed E-state index contributed by atoms with van der Waals surface area (Å²) in [6.07, 6.45) is 0. The molecule has 0 aliphatic rings. The van der Waals surface area contributed by atoms with Gasteiger partial charge in [-0.2, -0.15) is 0 Å². The fourth-order valence-corrected chi connectivity index (χ4v) is 3.06. The summed E-state index contributed by atoms with van der Waals surface area (Å²) in [7, 11) is -2.29. The monoisotopic (exact) mass is 327 g/mol. The molecular formula is C14H14ClNO4S. The van der Waals surface area contributed by atoms with E-state index in [0.717, 1.165) is 0 Å². The van der Waals surface area contributed by atoms with E-state index in [2.05, 4.69) is 4.72 Å². The number of hydrogen-bond donors (Lipinski definition) is 2. The molecule has 0 heterocycles. The van der Waals surface area contributed by atoms with Crippen LogP contribution in [0.1, 0.15) is 5.56 Å². The number of aliphatic hydroxyl groups is 1. The normalized spacial score (nSPS) is 11.2. The van der Waals surface area contributed by atoms with Crippen molar-refractivity contribution in [2.24, 2.45) is 0 Å². The molecule has 21 heavy (non-hydrogen) atoms. The van der Waals surface area contributed by atoms with Gasteiger partial charge in [0.1, 0.15) is 5.75 Å². The highest BCUT2D eigenvalue weighted by Gasteiger charge is 2.15. The third kappa shape index (κ3) is 3.66. The molecule has 0 spiro atoms. The molecule has 0 aliphatic carbocycles. The number of anilines is 1. The van der Waals surface area contributed by atoms with Gasteiger partial charge in [-0.1, -0.05) is 23.7 Å². The predicted octanol–water partition coefficient (Wildman–Crippen LogP) is 2.64. The summed E-state index contributed by atoms with van der Waals surface area (Å²) in [5.74, 6) is 0.376.